The largest absolute Gasteiger partial charge is 0.352 e. The van der Waals surface area contributed by atoms with Crippen molar-refractivity contribution in [3.05, 3.63) is 36.2 Å². The van der Waals surface area contributed by atoms with Gasteiger partial charge in [0.05, 0.1) is 12.1 Å². The molecule has 0 bridgehead atoms. The number of hydrogen-bond acceptors (Lipinski definition) is 5. The van der Waals surface area contributed by atoms with Crippen molar-refractivity contribution in [2.45, 2.75) is 50.3 Å². The molecule has 1 saturated carbocycles. The molecule has 1 amide bonds. The summed E-state index contributed by atoms with van der Waals surface area (Å²) in [5, 5.41) is 14.9. The summed E-state index contributed by atoms with van der Waals surface area (Å²) < 4.78 is 1.60. The van der Waals surface area contributed by atoms with Crippen LogP contribution in [-0.4, -0.2) is 43.2 Å². The van der Waals surface area contributed by atoms with Gasteiger partial charge in [-0.05, 0) is 46.7 Å². The Balaban J connectivity index is 1.56. The lowest BCUT2D eigenvalue weighted by molar-refractivity contribution is -0.121. The zero-order chi connectivity index (χ0) is 16.8. The van der Waals surface area contributed by atoms with Gasteiger partial charge in [-0.2, -0.15) is 11.8 Å². The highest BCUT2D eigenvalue weighted by atomic mass is 32.2. The summed E-state index contributed by atoms with van der Waals surface area (Å²) in [7, 11) is 0. The fraction of sp³-hybridized carbons (Fsp3) is 0.529. The number of carbonyl (C=O) groups excluding carboxylic acids is 1. The number of aromatic nitrogens is 4. The Labute approximate surface area is 146 Å². The normalized spacial score (nSPS) is 20.7. The predicted molar refractivity (Wildman–Crippen MR) is 95.2 cm³/mol. The molecule has 1 aliphatic rings. The van der Waals surface area contributed by atoms with Crippen LogP contribution in [0.15, 0.2) is 30.6 Å². The Morgan fingerprint density at radius 1 is 1.29 bits per heavy atom. The molecule has 1 heterocycles. The third-order valence-electron chi connectivity index (χ3n) is 4.34. The van der Waals surface area contributed by atoms with Crippen LogP contribution >= 0.6 is 11.8 Å². The van der Waals surface area contributed by atoms with Crippen molar-refractivity contribution in [1.82, 2.24) is 25.5 Å². The van der Waals surface area contributed by atoms with Gasteiger partial charge >= 0.3 is 0 Å². The lowest BCUT2D eigenvalue weighted by atomic mass is 9.94. The summed E-state index contributed by atoms with van der Waals surface area (Å²) in [6.07, 6.45) is 6.77. The molecule has 1 aromatic carbocycles. The third-order valence-corrected chi connectivity index (χ3v) is 5.67. The minimum Gasteiger partial charge on any atom is -0.352 e. The van der Waals surface area contributed by atoms with E-state index in [1.165, 1.54) is 19.3 Å². The molecular weight excluding hydrogens is 322 g/mol. The first-order chi connectivity index (χ1) is 11.8. The van der Waals surface area contributed by atoms with Crippen LogP contribution in [-0.2, 0) is 11.2 Å². The maximum Gasteiger partial charge on any atom is 0.224 e. The average Bonchev–Trinajstić information content (AvgIpc) is 3.12. The van der Waals surface area contributed by atoms with Gasteiger partial charge in [0.2, 0.25) is 5.91 Å². The molecule has 1 aromatic heterocycles. The molecule has 0 aliphatic heterocycles. The summed E-state index contributed by atoms with van der Waals surface area (Å²) in [6.45, 7) is 2.18. The van der Waals surface area contributed by atoms with Crippen molar-refractivity contribution in [2.24, 2.45) is 0 Å². The number of benzene rings is 1. The first kappa shape index (κ1) is 17.0. The molecule has 3 rings (SSSR count). The van der Waals surface area contributed by atoms with Crippen LogP contribution in [0.25, 0.3) is 5.69 Å². The maximum absolute atomic E-state index is 12.4. The number of carbonyl (C=O) groups is 1. The van der Waals surface area contributed by atoms with Gasteiger partial charge < -0.3 is 5.32 Å². The summed E-state index contributed by atoms with van der Waals surface area (Å²) in [6, 6.07) is 8.08. The number of tetrazole rings is 1. The number of nitrogens with zero attached hydrogens (tertiary/aromatic N) is 4. The van der Waals surface area contributed by atoms with Gasteiger partial charge in [-0.3, -0.25) is 4.79 Å². The van der Waals surface area contributed by atoms with Gasteiger partial charge in [0.25, 0.3) is 0 Å². The minimum atomic E-state index is 0.110. The Bertz CT molecular complexity index is 642. The highest BCUT2D eigenvalue weighted by Crippen LogP contribution is 2.28. The van der Waals surface area contributed by atoms with E-state index in [1.807, 2.05) is 36.0 Å². The van der Waals surface area contributed by atoms with Crippen LogP contribution in [0.5, 0.6) is 0 Å². The molecule has 0 spiro atoms. The molecule has 7 heteroatoms. The number of nitrogens with one attached hydrogen (secondary N) is 1. The van der Waals surface area contributed by atoms with Gasteiger partial charge in [0, 0.05) is 11.3 Å². The molecule has 2 aromatic rings. The van der Waals surface area contributed by atoms with E-state index in [4.69, 9.17) is 0 Å². The van der Waals surface area contributed by atoms with E-state index in [9.17, 15) is 4.79 Å². The van der Waals surface area contributed by atoms with Crippen LogP contribution in [0.3, 0.4) is 0 Å². The standard InChI is InChI=1S/C17H23N5OS/c1-2-24-16-6-4-3-5-15(16)19-17(23)11-13-7-9-14(10-8-13)22-12-18-20-21-22/h7-10,12,15-16H,2-6,11H2,1H3,(H,19,23)/t15-,16-/m1/s1. The lowest BCUT2D eigenvalue weighted by Crippen LogP contribution is -2.44. The Morgan fingerprint density at radius 2 is 2.08 bits per heavy atom. The van der Waals surface area contributed by atoms with Crippen LogP contribution in [0.1, 0.15) is 38.2 Å². The van der Waals surface area contributed by atoms with Crippen LogP contribution in [0.2, 0.25) is 0 Å². The smallest absolute Gasteiger partial charge is 0.224 e. The number of rotatable bonds is 6. The fourth-order valence-corrected chi connectivity index (χ4v) is 4.36. The summed E-state index contributed by atoms with van der Waals surface area (Å²) >= 11 is 1.97. The van der Waals surface area contributed by atoms with E-state index in [2.05, 4.69) is 27.8 Å². The zero-order valence-corrected chi connectivity index (χ0v) is 14.7. The van der Waals surface area contributed by atoms with E-state index in [1.54, 1.807) is 11.0 Å². The van der Waals surface area contributed by atoms with Crippen LogP contribution in [0, 0.1) is 0 Å². The summed E-state index contributed by atoms with van der Waals surface area (Å²) in [4.78, 5) is 12.4. The molecule has 1 fully saturated rings. The first-order valence-electron chi connectivity index (χ1n) is 8.49. The van der Waals surface area contributed by atoms with Gasteiger partial charge in [-0.1, -0.05) is 31.9 Å². The van der Waals surface area contributed by atoms with Crippen molar-refractivity contribution in [2.75, 3.05) is 5.75 Å². The molecule has 24 heavy (non-hydrogen) atoms. The third kappa shape index (κ3) is 4.35. The zero-order valence-electron chi connectivity index (χ0n) is 13.9. The molecule has 128 valence electrons. The second kappa shape index (κ2) is 8.28. The average molecular weight is 345 g/mol. The minimum absolute atomic E-state index is 0.110. The molecule has 0 radical (unpaired) electrons. The SMILES string of the molecule is CCS[C@@H]1CCCC[C@H]1NC(=O)Cc1ccc(-n2cnnn2)cc1. The van der Waals surface area contributed by atoms with E-state index in [0.717, 1.165) is 23.4 Å². The predicted octanol–water partition coefficient (Wildman–Crippen LogP) is 2.39. The Hall–Kier alpha value is -1.89. The van der Waals surface area contributed by atoms with Crippen molar-refractivity contribution in [3.8, 4) is 5.69 Å². The van der Waals surface area contributed by atoms with E-state index >= 15 is 0 Å². The molecule has 0 saturated heterocycles. The molecule has 6 nitrogen and oxygen atoms in total. The molecule has 0 unspecified atom stereocenters. The Kier molecular flexibility index (Phi) is 5.85. The maximum atomic E-state index is 12.4. The fourth-order valence-electron chi connectivity index (χ4n) is 3.16. The Morgan fingerprint density at radius 3 is 2.79 bits per heavy atom. The molecule has 1 aliphatic carbocycles. The summed E-state index contributed by atoms with van der Waals surface area (Å²) in [5.41, 5.74) is 1.88. The molecule has 1 N–H and O–H groups in total. The monoisotopic (exact) mass is 345 g/mol. The van der Waals surface area contributed by atoms with E-state index < -0.39 is 0 Å². The molecule has 2 atom stereocenters. The first-order valence-corrected chi connectivity index (χ1v) is 9.54. The van der Waals surface area contributed by atoms with Crippen molar-refractivity contribution < 1.29 is 4.79 Å². The summed E-state index contributed by atoms with van der Waals surface area (Å²) in [5.74, 6) is 1.22. The second-order valence-electron chi connectivity index (χ2n) is 6.05. The highest BCUT2D eigenvalue weighted by molar-refractivity contribution is 7.99. The van der Waals surface area contributed by atoms with E-state index in [0.29, 0.717) is 17.7 Å². The van der Waals surface area contributed by atoms with E-state index in [-0.39, 0.29) is 5.91 Å². The molecular formula is C17H23N5OS. The van der Waals surface area contributed by atoms with Gasteiger partial charge in [0.1, 0.15) is 6.33 Å². The highest BCUT2D eigenvalue weighted by Gasteiger charge is 2.26. The lowest BCUT2D eigenvalue weighted by Gasteiger charge is -2.31. The second-order valence-corrected chi connectivity index (χ2v) is 7.57. The number of amides is 1. The van der Waals surface area contributed by atoms with Gasteiger partial charge in [-0.25, -0.2) is 4.68 Å². The number of hydrogen-bond donors (Lipinski definition) is 1. The topological polar surface area (TPSA) is 72.7 Å². The van der Waals surface area contributed by atoms with Crippen LogP contribution in [0.4, 0.5) is 0 Å². The van der Waals surface area contributed by atoms with Gasteiger partial charge in [-0.15, -0.1) is 5.10 Å². The van der Waals surface area contributed by atoms with Gasteiger partial charge in [0.15, 0.2) is 0 Å². The van der Waals surface area contributed by atoms with Crippen LogP contribution < -0.4 is 5.32 Å². The van der Waals surface area contributed by atoms with Crippen molar-refractivity contribution in [1.29, 1.82) is 0 Å². The van der Waals surface area contributed by atoms with Crippen molar-refractivity contribution >= 4 is 17.7 Å². The van der Waals surface area contributed by atoms with Crippen molar-refractivity contribution in [3.63, 3.8) is 0 Å². The number of thioether (sulfide) groups is 1. The quantitative estimate of drug-likeness (QED) is 0.870.